The molecule has 2 aromatic carbocycles. The van der Waals surface area contributed by atoms with Gasteiger partial charge in [0.2, 0.25) is 5.91 Å². The normalized spacial score (nSPS) is 20.6. The molecule has 9 nitrogen and oxygen atoms in total. The zero-order chi connectivity index (χ0) is 33.1. The van der Waals surface area contributed by atoms with Gasteiger partial charge in [0.1, 0.15) is 30.3 Å². The average molecular weight is 660 g/mol. The Morgan fingerprint density at radius 3 is 2.77 bits per heavy atom. The van der Waals surface area contributed by atoms with E-state index in [1.807, 2.05) is 29.2 Å². The molecule has 6 rings (SSSR count). The largest absolute Gasteiger partial charge is 0.462 e. The van der Waals surface area contributed by atoms with Gasteiger partial charge in [-0.3, -0.25) is 14.7 Å². The van der Waals surface area contributed by atoms with Gasteiger partial charge in [-0.2, -0.15) is 15.2 Å². The lowest BCUT2D eigenvalue weighted by molar-refractivity contribution is -0.128. The van der Waals surface area contributed by atoms with E-state index >= 15 is 4.39 Å². The number of ether oxygens (including phenoxy) is 1. The van der Waals surface area contributed by atoms with Crippen molar-refractivity contribution in [2.24, 2.45) is 5.92 Å². The molecule has 2 fully saturated rings. The SMILES string of the molecule is CC1CCCN(C)C1COc1nc(N2CCN(C(=O)/C=C/CF)[C@@H](CC#N)C2)c2cnc(-c3cccc4cccc(Cl)c34)c(F)c2n1. The second-order valence-electron chi connectivity index (χ2n) is 12.2. The second kappa shape index (κ2) is 14.2. The molecule has 47 heavy (non-hydrogen) atoms. The van der Waals surface area contributed by atoms with Crippen LogP contribution in [0.3, 0.4) is 0 Å². The van der Waals surface area contributed by atoms with E-state index in [0.29, 0.717) is 46.2 Å². The molecule has 0 N–H and O–H groups in total. The van der Waals surface area contributed by atoms with Crippen LogP contribution in [-0.2, 0) is 4.79 Å². The fraction of sp³-hybridized carbons (Fsp3) is 0.400. The van der Waals surface area contributed by atoms with Crippen molar-refractivity contribution in [3.05, 3.63) is 65.6 Å². The third kappa shape index (κ3) is 6.58. The molecule has 2 unspecified atom stereocenters. The Labute approximate surface area is 277 Å². The number of likely N-dealkylation sites (N-methyl/N-ethyl adjacent to an activating group) is 1. The number of alkyl halides is 1. The Morgan fingerprint density at radius 1 is 1.19 bits per heavy atom. The number of piperidine rings is 1. The summed E-state index contributed by atoms with van der Waals surface area (Å²) in [5, 5.41) is 12.0. The van der Waals surface area contributed by atoms with E-state index in [1.165, 1.54) is 6.08 Å². The summed E-state index contributed by atoms with van der Waals surface area (Å²) in [6.07, 6.45) is 6.16. The fourth-order valence-corrected chi connectivity index (χ4v) is 7.06. The Balaban J connectivity index is 1.43. The number of nitriles is 1. The first-order valence-corrected chi connectivity index (χ1v) is 16.2. The van der Waals surface area contributed by atoms with Crippen molar-refractivity contribution < 1.29 is 18.3 Å². The van der Waals surface area contributed by atoms with Crippen molar-refractivity contribution in [1.82, 2.24) is 24.8 Å². The second-order valence-corrected chi connectivity index (χ2v) is 12.6. The molecule has 244 valence electrons. The van der Waals surface area contributed by atoms with Crippen molar-refractivity contribution in [3.8, 4) is 23.3 Å². The molecule has 0 radical (unpaired) electrons. The van der Waals surface area contributed by atoms with Gasteiger partial charge in [-0.15, -0.1) is 0 Å². The molecule has 4 heterocycles. The van der Waals surface area contributed by atoms with Crippen LogP contribution < -0.4 is 9.64 Å². The van der Waals surface area contributed by atoms with Crippen molar-refractivity contribution >= 4 is 45.0 Å². The van der Waals surface area contributed by atoms with Crippen LogP contribution in [0.1, 0.15) is 26.2 Å². The van der Waals surface area contributed by atoms with E-state index in [9.17, 15) is 14.4 Å². The maximum atomic E-state index is 16.7. The highest BCUT2D eigenvalue weighted by molar-refractivity contribution is 6.36. The lowest BCUT2D eigenvalue weighted by Crippen LogP contribution is -2.55. The predicted molar refractivity (Wildman–Crippen MR) is 179 cm³/mol. The number of carbonyl (C=O) groups excluding carboxylic acids is 1. The minimum absolute atomic E-state index is 0.0342. The van der Waals surface area contributed by atoms with Gasteiger partial charge in [-0.05, 0) is 49.9 Å². The minimum atomic E-state index is -0.759. The van der Waals surface area contributed by atoms with E-state index in [4.69, 9.17) is 21.3 Å². The van der Waals surface area contributed by atoms with Crippen LogP contribution >= 0.6 is 11.6 Å². The van der Waals surface area contributed by atoms with Crippen LogP contribution in [0.15, 0.2) is 54.7 Å². The lowest BCUT2D eigenvalue weighted by Gasteiger charge is -2.41. The number of likely N-dealkylation sites (tertiary alicyclic amines) is 1. The summed E-state index contributed by atoms with van der Waals surface area (Å²) in [7, 11) is 2.07. The number of fused-ring (bicyclic) bond motifs is 2. The summed E-state index contributed by atoms with van der Waals surface area (Å²) in [6, 6.07) is 12.9. The number of rotatable bonds is 8. The van der Waals surface area contributed by atoms with Gasteiger partial charge in [-0.1, -0.05) is 48.9 Å². The molecule has 3 atom stereocenters. The summed E-state index contributed by atoms with van der Waals surface area (Å²) in [5.74, 6) is -0.194. The van der Waals surface area contributed by atoms with E-state index in [-0.39, 0.29) is 48.7 Å². The van der Waals surface area contributed by atoms with Gasteiger partial charge in [0.05, 0.1) is 23.9 Å². The van der Waals surface area contributed by atoms with Crippen molar-refractivity contribution in [2.45, 2.75) is 38.3 Å². The number of allylic oxidation sites excluding steroid dienone is 1. The van der Waals surface area contributed by atoms with E-state index in [0.717, 1.165) is 30.8 Å². The van der Waals surface area contributed by atoms with E-state index in [2.05, 4.69) is 34.9 Å². The fourth-order valence-electron chi connectivity index (χ4n) is 6.77. The summed E-state index contributed by atoms with van der Waals surface area (Å²) >= 11 is 6.59. The maximum Gasteiger partial charge on any atom is 0.319 e. The molecule has 0 bridgehead atoms. The highest BCUT2D eigenvalue weighted by atomic mass is 35.5. The van der Waals surface area contributed by atoms with E-state index < -0.39 is 18.5 Å². The summed E-state index contributed by atoms with van der Waals surface area (Å²) in [5.41, 5.74) is 0.686. The highest BCUT2D eigenvalue weighted by Gasteiger charge is 2.33. The van der Waals surface area contributed by atoms with Gasteiger partial charge < -0.3 is 14.5 Å². The highest BCUT2D eigenvalue weighted by Crippen LogP contribution is 2.38. The van der Waals surface area contributed by atoms with Gasteiger partial charge in [0.15, 0.2) is 5.82 Å². The predicted octanol–water partition coefficient (Wildman–Crippen LogP) is 6.20. The first kappa shape index (κ1) is 32.5. The number of pyridine rings is 1. The van der Waals surface area contributed by atoms with Gasteiger partial charge >= 0.3 is 6.01 Å². The van der Waals surface area contributed by atoms with Crippen LogP contribution in [0.25, 0.3) is 32.9 Å². The van der Waals surface area contributed by atoms with E-state index in [1.54, 1.807) is 23.2 Å². The molecule has 0 saturated carbocycles. The molecule has 0 spiro atoms. The van der Waals surface area contributed by atoms with Crippen LogP contribution in [-0.4, -0.2) is 89.3 Å². The number of halogens is 3. The van der Waals surface area contributed by atoms with Crippen molar-refractivity contribution in [2.75, 3.05) is 51.4 Å². The molecular weight excluding hydrogens is 624 g/mol. The zero-order valence-corrected chi connectivity index (χ0v) is 27.1. The number of hydrogen-bond donors (Lipinski definition) is 0. The zero-order valence-electron chi connectivity index (χ0n) is 26.4. The Morgan fingerprint density at radius 2 is 2.00 bits per heavy atom. The standard InChI is InChI=1S/C35H36ClF2N7O2/c1-22-7-6-16-43(2)28(22)21-47-35-41-33-26(19-40-32(31(33)38)25-10-3-8-23-9-4-11-27(36)30(23)25)34(42-35)44-17-18-45(24(20-44)13-15-39)29(46)12-5-14-37/h3-5,8-12,19,22,24,28H,6-7,13-14,16-18,20-21H2,1-2H3/b12-5+/t22?,24-,28?/m0/s1. The Hall–Kier alpha value is -4.40. The topological polar surface area (TPSA) is 98.5 Å². The van der Waals surface area contributed by atoms with Crippen LogP contribution in [0.4, 0.5) is 14.6 Å². The number of carbonyl (C=O) groups is 1. The molecule has 2 aromatic heterocycles. The number of hydrogen-bond acceptors (Lipinski definition) is 8. The maximum absolute atomic E-state index is 16.7. The molecule has 0 aliphatic carbocycles. The summed E-state index contributed by atoms with van der Waals surface area (Å²) in [6.45, 7) is 3.58. The molecular formula is C35H36ClF2N7O2. The van der Waals surface area contributed by atoms with Gasteiger partial charge in [0.25, 0.3) is 0 Å². The quantitative estimate of drug-likeness (QED) is 0.206. The molecule has 2 aliphatic rings. The van der Waals surface area contributed by atoms with Gasteiger partial charge in [0, 0.05) is 53.9 Å². The first-order chi connectivity index (χ1) is 22.8. The molecule has 12 heteroatoms. The van der Waals surface area contributed by atoms with Crippen LogP contribution in [0.2, 0.25) is 5.02 Å². The summed E-state index contributed by atoms with van der Waals surface area (Å²) in [4.78, 5) is 32.5. The number of piperazine rings is 1. The van der Waals surface area contributed by atoms with Crippen molar-refractivity contribution in [1.29, 1.82) is 5.26 Å². The minimum Gasteiger partial charge on any atom is -0.462 e. The van der Waals surface area contributed by atoms with Crippen LogP contribution in [0, 0.1) is 23.1 Å². The Bertz CT molecular complexity index is 1850. The van der Waals surface area contributed by atoms with Crippen molar-refractivity contribution in [3.63, 3.8) is 0 Å². The Kier molecular flexibility index (Phi) is 9.80. The molecule has 4 aromatic rings. The third-order valence-electron chi connectivity index (χ3n) is 9.27. The number of benzene rings is 2. The smallest absolute Gasteiger partial charge is 0.319 e. The lowest BCUT2D eigenvalue weighted by atomic mass is 9.92. The molecule has 2 saturated heterocycles. The first-order valence-electron chi connectivity index (χ1n) is 15.8. The number of amides is 1. The number of aromatic nitrogens is 3. The third-order valence-corrected chi connectivity index (χ3v) is 9.59. The summed E-state index contributed by atoms with van der Waals surface area (Å²) < 4.78 is 35.7. The molecule has 1 amide bonds. The number of anilines is 1. The monoisotopic (exact) mass is 659 g/mol. The average Bonchev–Trinajstić information content (AvgIpc) is 3.07. The van der Waals surface area contributed by atoms with Gasteiger partial charge in [-0.25, -0.2) is 8.78 Å². The molecule has 2 aliphatic heterocycles. The number of nitrogens with zero attached hydrogens (tertiary/aromatic N) is 7. The van der Waals surface area contributed by atoms with Crippen LogP contribution in [0.5, 0.6) is 6.01 Å².